The highest BCUT2D eigenvalue weighted by Crippen LogP contribution is 1.89. The molecule has 0 radical (unpaired) electrons. The molecule has 0 saturated carbocycles. The SMILES string of the molecule is CCCOC(=O)CCS. The topological polar surface area (TPSA) is 26.3 Å². The van der Waals surface area contributed by atoms with Crippen LogP contribution in [0, 0.1) is 0 Å². The second-order valence-electron chi connectivity index (χ2n) is 1.69. The minimum Gasteiger partial charge on any atom is -0.466 e. The Kier molecular flexibility index (Phi) is 5.83. The molecule has 0 aliphatic carbocycles. The average molecular weight is 148 g/mol. The standard InChI is InChI=1S/C6H12O2S/c1-2-4-8-6(7)3-5-9/h9H,2-5H2,1H3. The molecule has 0 atom stereocenters. The van der Waals surface area contributed by atoms with Crippen LogP contribution in [-0.4, -0.2) is 18.3 Å². The summed E-state index contributed by atoms with van der Waals surface area (Å²) in [6, 6.07) is 0. The van der Waals surface area contributed by atoms with E-state index in [1.807, 2.05) is 6.92 Å². The Morgan fingerprint density at radius 3 is 2.78 bits per heavy atom. The molecule has 0 aromatic rings. The predicted octanol–water partition coefficient (Wildman–Crippen LogP) is 1.26. The number of ether oxygens (including phenoxy) is 1. The molecule has 54 valence electrons. The van der Waals surface area contributed by atoms with E-state index in [0.717, 1.165) is 6.42 Å². The van der Waals surface area contributed by atoms with E-state index in [0.29, 0.717) is 18.8 Å². The van der Waals surface area contributed by atoms with Crippen molar-refractivity contribution < 1.29 is 9.53 Å². The van der Waals surface area contributed by atoms with E-state index in [-0.39, 0.29) is 5.97 Å². The quantitative estimate of drug-likeness (QED) is 0.480. The Balaban J connectivity index is 3.06. The van der Waals surface area contributed by atoms with Gasteiger partial charge < -0.3 is 4.74 Å². The third-order valence-corrected chi connectivity index (χ3v) is 1.01. The lowest BCUT2D eigenvalue weighted by Crippen LogP contribution is -2.05. The van der Waals surface area contributed by atoms with Crippen LogP contribution in [0.2, 0.25) is 0 Å². The average Bonchev–Trinajstić information content (AvgIpc) is 1.85. The second-order valence-corrected chi connectivity index (χ2v) is 2.14. The maximum Gasteiger partial charge on any atom is 0.306 e. The molecule has 0 fully saturated rings. The van der Waals surface area contributed by atoms with Gasteiger partial charge in [0.1, 0.15) is 0 Å². The zero-order chi connectivity index (χ0) is 7.11. The third-order valence-electron chi connectivity index (χ3n) is 0.783. The van der Waals surface area contributed by atoms with E-state index in [2.05, 4.69) is 12.6 Å². The van der Waals surface area contributed by atoms with Crippen LogP contribution in [-0.2, 0) is 9.53 Å². The summed E-state index contributed by atoms with van der Waals surface area (Å²) in [4.78, 5) is 10.5. The first-order valence-electron chi connectivity index (χ1n) is 3.07. The normalized spacial score (nSPS) is 9.11. The molecule has 0 saturated heterocycles. The van der Waals surface area contributed by atoms with Crippen LogP contribution in [0.25, 0.3) is 0 Å². The minimum absolute atomic E-state index is 0.146. The highest BCUT2D eigenvalue weighted by molar-refractivity contribution is 7.80. The number of thiol groups is 1. The third kappa shape index (κ3) is 5.69. The second kappa shape index (κ2) is 5.95. The first kappa shape index (κ1) is 8.82. The fourth-order valence-corrected chi connectivity index (χ4v) is 0.562. The van der Waals surface area contributed by atoms with E-state index in [1.165, 1.54) is 0 Å². The zero-order valence-electron chi connectivity index (χ0n) is 5.59. The summed E-state index contributed by atoms with van der Waals surface area (Å²) in [6.45, 7) is 2.50. The maximum atomic E-state index is 10.5. The Bertz CT molecular complexity index is 83.1. The first-order chi connectivity index (χ1) is 4.31. The maximum absolute atomic E-state index is 10.5. The van der Waals surface area contributed by atoms with Gasteiger partial charge in [-0.3, -0.25) is 4.79 Å². The molecule has 0 unspecified atom stereocenters. The van der Waals surface area contributed by atoms with Gasteiger partial charge in [-0.05, 0) is 6.42 Å². The van der Waals surface area contributed by atoms with Crippen molar-refractivity contribution in [1.29, 1.82) is 0 Å². The lowest BCUT2D eigenvalue weighted by molar-refractivity contribution is -0.143. The van der Waals surface area contributed by atoms with Crippen molar-refractivity contribution in [3.8, 4) is 0 Å². The molecule has 0 aromatic carbocycles. The van der Waals surface area contributed by atoms with Gasteiger partial charge in [-0.25, -0.2) is 0 Å². The lowest BCUT2D eigenvalue weighted by atomic mass is 10.5. The summed E-state index contributed by atoms with van der Waals surface area (Å²) >= 11 is 3.88. The minimum atomic E-state index is -0.146. The van der Waals surface area contributed by atoms with Crippen molar-refractivity contribution in [3.05, 3.63) is 0 Å². The Labute approximate surface area is 61.0 Å². The van der Waals surface area contributed by atoms with Crippen molar-refractivity contribution in [2.75, 3.05) is 12.4 Å². The molecule has 0 aromatic heterocycles. The highest BCUT2D eigenvalue weighted by Gasteiger charge is 1.97. The summed E-state index contributed by atoms with van der Waals surface area (Å²) < 4.78 is 4.74. The molecule has 0 bridgehead atoms. The van der Waals surface area contributed by atoms with Crippen LogP contribution in [0.15, 0.2) is 0 Å². The molecule has 0 spiro atoms. The van der Waals surface area contributed by atoms with E-state index in [9.17, 15) is 4.79 Å². The van der Waals surface area contributed by atoms with Gasteiger partial charge in [0.05, 0.1) is 13.0 Å². The Morgan fingerprint density at radius 2 is 2.33 bits per heavy atom. The number of rotatable bonds is 4. The smallest absolute Gasteiger partial charge is 0.306 e. The van der Waals surface area contributed by atoms with Crippen LogP contribution in [0.5, 0.6) is 0 Å². The van der Waals surface area contributed by atoms with Gasteiger partial charge >= 0.3 is 5.97 Å². The van der Waals surface area contributed by atoms with Crippen LogP contribution in [0.4, 0.5) is 0 Å². The molecular formula is C6H12O2S. The van der Waals surface area contributed by atoms with Crippen molar-refractivity contribution in [3.63, 3.8) is 0 Å². The van der Waals surface area contributed by atoms with Crippen molar-refractivity contribution in [2.24, 2.45) is 0 Å². The molecule has 0 aliphatic rings. The molecule has 0 aliphatic heterocycles. The lowest BCUT2D eigenvalue weighted by Gasteiger charge is -1.98. The number of hydrogen-bond acceptors (Lipinski definition) is 3. The van der Waals surface area contributed by atoms with E-state index < -0.39 is 0 Å². The number of esters is 1. The van der Waals surface area contributed by atoms with Crippen molar-refractivity contribution in [2.45, 2.75) is 19.8 Å². The summed E-state index contributed by atoms with van der Waals surface area (Å²) in [6.07, 6.45) is 1.31. The van der Waals surface area contributed by atoms with Crippen LogP contribution >= 0.6 is 12.6 Å². The van der Waals surface area contributed by atoms with Gasteiger partial charge in [0, 0.05) is 5.75 Å². The van der Waals surface area contributed by atoms with E-state index in [4.69, 9.17) is 4.74 Å². The number of carbonyl (C=O) groups is 1. The largest absolute Gasteiger partial charge is 0.466 e. The summed E-state index contributed by atoms with van der Waals surface area (Å²) in [5.74, 6) is 0.426. The molecule has 0 amide bonds. The molecule has 2 nitrogen and oxygen atoms in total. The molecule has 3 heteroatoms. The zero-order valence-corrected chi connectivity index (χ0v) is 6.49. The van der Waals surface area contributed by atoms with Crippen LogP contribution in [0.1, 0.15) is 19.8 Å². The van der Waals surface area contributed by atoms with E-state index >= 15 is 0 Å². The van der Waals surface area contributed by atoms with Crippen molar-refractivity contribution in [1.82, 2.24) is 0 Å². The Morgan fingerprint density at radius 1 is 1.67 bits per heavy atom. The molecular weight excluding hydrogens is 136 g/mol. The molecule has 9 heavy (non-hydrogen) atoms. The fraction of sp³-hybridized carbons (Fsp3) is 0.833. The summed E-state index contributed by atoms with van der Waals surface area (Å²) in [7, 11) is 0. The van der Waals surface area contributed by atoms with Gasteiger partial charge in [0.25, 0.3) is 0 Å². The van der Waals surface area contributed by atoms with Gasteiger partial charge in [-0.1, -0.05) is 6.92 Å². The van der Waals surface area contributed by atoms with Gasteiger partial charge in [0.15, 0.2) is 0 Å². The van der Waals surface area contributed by atoms with Gasteiger partial charge in [-0.2, -0.15) is 12.6 Å². The molecule has 0 rings (SSSR count). The summed E-state index contributed by atoms with van der Waals surface area (Å²) in [5.41, 5.74) is 0. The van der Waals surface area contributed by atoms with Crippen LogP contribution < -0.4 is 0 Å². The fourth-order valence-electron chi connectivity index (χ4n) is 0.379. The first-order valence-corrected chi connectivity index (χ1v) is 3.71. The van der Waals surface area contributed by atoms with Crippen LogP contribution in [0.3, 0.4) is 0 Å². The van der Waals surface area contributed by atoms with Gasteiger partial charge in [-0.15, -0.1) is 0 Å². The summed E-state index contributed by atoms with van der Waals surface area (Å²) in [5, 5.41) is 0. The van der Waals surface area contributed by atoms with E-state index in [1.54, 1.807) is 0 Å². The van der Waals surface area contributed by atoms with Gasteiger partial charge in [0.2, 0.25) is 0 Å². The van der Waals surface area contributed by atoms with Crippen molar-refractivity contribution >= 4 is 18.6 Å². The monoisotopic (exact) mass is 148 g/mol. The highest BCUT2D eigenvalue weighted by atomic mass is 32.1. The number of hydrogen-bond donors (Lipinski definition) is 1. The Hall–Kier alpha value is -0.180. The predicted molar refractivity (Wildman–Crippen MR) is 39.7 cm³/mol. The molecule has 0 heterocycles. The molecule has 0 N–H and O–H groups in total. The number of carbonyl (C=O) groups excluding carboxylic acids is 1.